The number of rotatable bonds is 4. The van der Waals surface area contributed by atoms with Crippen LogP contribution in [0.1, 0.15) is 5.56 Å². The number of carbonyl (C=O) groups is 2. The molecule has 0 bridgehead atoms. The van der Waals surface area contributed by atoms with Crippen LogP contribution >= 0.6 is 11.8 Å². The van der Waals surface area contributed by atoms with E-state index in [1.54, 1.807) is 6.20 Å². The predicted octanol–water partition coefficient (Wildman–Crippen LogP) is 4.58. The van der Waals surface area contributed by atoms with Crippen molar-refractivity contribution < 1.29 is 9.59 Å². The van der Waals surface area contributed by atoms with Gasteiger partial charge in [-0.15, -0.1) is 0 Å². The van der Waals surface area contributed by atoms with E-state index in [0.29, 0.717) is 5.69 Å². The topological polar surface area (TPSA) is 53.5 Å². The van der Waals surface area contributed by atoms with Gasteiger partial charge < -0.3 is 4.90 Å². The van der Waals surface area contributed by atoms with Crippen molar-refractivity contribution in [1.29, 1.82) is 0 Å². The number of hydrogen-bond acceptors (Lipinski definition) is 5. The molecule has 0 atom stereocenters. The van der Waals surface area contributed by atoms with Crippen LogP contribution < -0.4 is 9.80 Å². The molecule has 0 radical (unpaired) electrons. The van der Waals surface area contributed by atoms with E-state index in [0.717, 1.165) is 45.4 Å². The Labute approximate surface area is 161 Å². The average Bonchev–Trinajstić information content (AvgIpc) is 2.94. The van der Waals surface area contributed by atoms with Crippen LogP contribution in [-0.2, 0) is 11.3 Å². The molecule has 6 heteroatoms. The molecular formula is C21H17N3O2S. The Hall–Kier alpha value is -3.12. The van der Waals surface area contributed by atoms with E-state index in [4.69, 9.17) is 0 Å². The molecule has 0 spiro atoms. The van der Waals surface area contributed by atoms with Gasteiger partial charge >= 0.3 is 0 Å². The van der Waals surface area contributed by atoms with Gasteiger partial charge in [-0.25, -0.2) is 4.90 Å². The van der Waals surface area contributed by atoms with Crippen LogP contribution in [0.5, 0.6) is 0 Å². The third-order valence-electron chi connectivity index (χ3n) is 4.44. The Morgan fingerprint density at radius 1 is 1.11 bits per heavy atom. The number of imide groups is 1. The van der Waals surface area contributed by atoms with E-state index in [2.05, 4.69) is 28.6 Å². The second-order valence-electron chi connectivity index (χ2n) is 6.34. The zero-order valence-corrected chi connectivity index (χ0v) is 15.6. The zero-order chi connectivity index (χ0) is 19.0. The standard InChI is InChI=1S/C21H17N3O2S/c1-14-20(25)24(21(26)27-14)18-11-16-9-8-15(10-19(16)22-12-18)13-23(2)17-6-4-3-5-7-17/h3-12H,1,13H2,2H3. The van der Waals surface area contributed by atoms with E-state index < -0.39 is 0 Å². The quantitative estimate of drug-likeness (QED) is 0.625. The van der Waals surface area contributed by atoms with Crippen molar-refractivity contribution in [2.45, 2.75) is 6.54 Å². The van der Waals surface area contributed by atoms with Crippen LogP contribution in [0.2, 0.25) is 0 Å². The van der Waals surface area contributed by atoms with Crippen LogP contribution in [-0.4, -0.2) is 23.2 Å². The summed E-state index contributed by atoms with van der Waals surface area (Å²) >= 11 is 0.854. The monoisotopic (exact) mass is 375 g/mol. The van der Waals surface area contributed by atoms with Gasteiger partial charge in [-0.05, 0) is 41.6 Å². The number of pyridine rings is 1. The minimum atomic E-state index is -0.382. The van der Waals surface area contributed by atoms with Crippen molar-refractivity contribution in [3.63, 3.8) is 0 Å². The summed E-state index contributed by atoms with van der Waals surface area (Å²) in [5.74, 6) is -0.382. The van der Waals surface area contributed by atoms with Crippen LogP contribution in [0.15, 0.2) is 72.3 Å². The molecule has 2 heterocycles. The number of benzene rings is 2. The third-order valence-corrected chi connectivity index (χ3v) is 5.22. The van der Waals surface area contributed by atoms with Crippen molar-refractivity contribution in [1.82, 2.24) is 4.98 Å². The Morgan fingerprint density at radius 2 is 1.89 bits per heavy atom. The van der Waals surface area contributed by atoms with Crippen molar-refractivity contribution in [3.8, 4) is 0 Å². The molecule has 1 aromatic heterocycles. The van der Waals surface area contributed by atoms with Gasteiger partial charge in [0.2, 0.25) is 0 Å². The van der Waals surface area contributed by atoms with E-state index in [1.807, 2.05) is 49.5 Å². The summed E-state index contributed by atoms with van der Waals surface area (Å²) in [6, 6.07) is 18.0. The number of anilines is 2. The van der Waals surface area contributed by atoms with Gasteiger partial charge in [0.05, 0.1) is 22.3 Å². The van der Waals surface area contributed by atoms with E-state index in [1.165, 1.54) is 0 Å². The molecule has 1 fully saturated rings. The third kappa shape index (κ3) is 3.31. The van der Waals surface area contributed by atoms with Gasteiger partial charge in [0.1, 0.15) is 0 Å². The highest BCUT2D eigenvalue weighted by atomic mass is 32.2. The summed E-state index contributed by atoms with van der Waals surface area (Å²) in [6.45, 7) is 4.37. The molecule has 5 nitrogen and oxygen atoms in total. The maximum absolute atomic E-state index is 12.1. The van der Waals surface area contributed by atoms with E-state index in [9.17, 15) is 9.59 Å². The lowest BCUT2D eigenvalue weighted by molar-refractivity contribution is -0.113. The molecule has 2 amide bonds. The maximum atomic E-state index is 12.1. The first-order chi connectivity index (χ1) is 13.0. The molecule has 134 valence electrons. The Morgan fingerprint density at radius 3 is 2.59 bits per heavy atom. The zero-order valence-electron chi connectivity index (χ0n) is 14.8. The van der Waals surface area contributed by atoms with Gasteiger partial charge in [0.25, 0.3) is 11.1 Å². The van der Waals surface area contributed by atoms with Crippen LogP contribution in [0.3, 0.4) is 0 Å². The molecule has 4 rings (SSSR count). The number of amides is 2. The first kappa shape index (κ1) is 17.3. The van der Waals surface area contributed by atoms with Crippen molar-refractivity contribution >= 4 is 45.2 Å². The van der Waals surface area contributed by atoms with Gasteiger partial charge in [-0.3, -0.25) is 14.6 Å². The average molecular weight is 375 g/mol. The van der Waals surface area contributed by atoms with Crippen LogP contribution in [0, 0.1) is 0 Å². The number of aromatic nitrogens is 1. The number of thioether (sulfide) groups is 1. The number of hydrogen-bond donors (Lipinski definition) is 0. The highest BCUT2D eigenvalue weighted by Gasteiger charge is 2.35. The molecule has 0 aliphatic carbocycles. The highest BCUT2D eigenvalue weighted by Crippen LogP contribution is 2.34. The number of nitrogens with zero attached hydrogens (tertiary/aromatic N) is 3. The lowest BCUT2D eigenvalue weighted by Crippen LogP contribution is -2.27. The Balaban J connectivity index is 1.60. The molecule has 1 aliphatic rings. The fourth-order valence-electron chi connectivity index (χ4n) is 3.05. The SMILES string of the molecule is C=C1SC(=O)N(c2cnc3cc(CN(C)c4ccccc4)ccc3c2)C1=O. The summed E-state index contributed by atoms with van der Waals surface area (Å²) in [5, 5.41) is 0.536. The Bertz CT molecular complexity index is 1070. The lowest BCUT2D eigenvalue weighted by Gasteiger charge is -2.19. The molecule has 0 saturated carbocycles. The fraction of sp³-hybridized carbons (Fsp3) is 0.0952. The normalized spacial score (nSPS) is 14.3. The molecular weight excluding hydrogens is 358 g/mol. The molecule has 1 saturated heterocycles. The minimum absolute atomic E-state index is 0.236. The molecule has 0 N–H and O–H groups in total. The van der Waals surface area contributed by atoms with Gasteiger partial charge in [0, 0.05) is 24.7 Å². The maximum Gasteiger partial charge on any atom is 0.298 e. The fourth-order valence-corrected chi connectivity index (χ4v) is 3.72. The minimum Gasteiger partial charge on any atom is -0.370 e. The lowest BCUT2D eigenvalue weighted by atomic mass is 10.1. The smallest absolute Gasteiger partial charge is 0.298 e. The molecule has 1 aliphatic heterocycles. The number of carbonyl (C=O) groups excluding carboxylic acids is 2. The van der Waals surface area contributed by atoms with Crippen molar-refractivity contribution in [3.05, 3.63) is 77.8 Å². The van der Waals surface area contributed by atoms with E-state index in [-0.39, 0.29) is 16.1 Å². The van der Waals surface area contributed by atoms with Gasteiger partial charge in [-0.2, -0.15) is 0 Å². The van der Waals surface area contributed by atoms with E-state index >= 15 is 0 Å². The molecule has 27 heavy (non-hydrogen) atoms. The molecule has 3 aromatic rings. The predicted molar refractivity (Wildman–Crippen MR) is 110 cm³/mol. The van der Waals surface area contributed by atoms with Crippen molar-refractivity contribution in [2.75, 3.05) is 16.8 Å². The first-order valence-electron chi connectivity index (χ1n) is 8.43. The largest absolute Gasteiger partial charge is 0.370 e. The highest BCUT2D eigenvalue weighted by molar-refractivity contribution is 8.18. The second kappa shape index (κ2) is 6.89. The molecule has 2 aromatic carbocycles. The van der Waals surface area contributed by atoms with Gasteiger partial charge in [-0.1, -0.05) is 36.9 Å². The summed E-state index contributed by atoms with van der Waals surface area (Å²) in [4.78, 5) is 32.1. The first-order valence-corrected chi connectivity index (χ1v) is 9.24. The number of fused-ring (bicyclic) bond motifs is 1. The molecule has 0 unspecified atom stereocenters. The summed E-state index contributed by atoms with van der Waals surface area (Å²) in [7, 11) is 2.05. The number of para-hydroxylation sites is 1. The summed E-state index contributed by atoms with van der Waals surface area (Å²) < 4.78 is 0. The second-order valence-corrected chi connectivity index (χ2v) is 7.39. The van der Waals surface area contributed by atoms with Crippen molar-refractivity contribution in [2.24, 2.45) is 0 Å². The van der Waals surface area contributed by atoms with Gasteiger partial charge in [0.15, 0.2) is 0 Å². The Kier molecular flexibility index (Phi) is 4.41. The summed E-state index contributed by atoms with van der Waals surface area (Å²) in [5.41, 5.74) is 3.57. The van der Waals surface area contributed by atoms with Crippen LogP contribution in [0.4, 0.5) is 16.2 Å². The van der Waals surface area contributed by atoms with Crippen LogP contribution in [0.25, 0.3) is 10.9 Å². The summed E-state index contributed by atoms with van der Waals surface area (Å²) in [6.07, 6.45) is 1.56.